The zero-order valence-electron chi connectivity index (χ0n) is 24.5. The number of hydrogen-bond acceptors (Lipinski definition) is 8. The van der Waals surface area contributed by atoms with Crippen molar-refractivity contribution in [2.75, 3.05) is 48.8 Å². The van der Waals surface area contributed by atoms with E-state index in [1.54, 1.807) is 37.2 Å². The van der Waals surface area contributed by atoms with Crippen LogP contribution in [0.2, 0.25) is 0 Å². The first-order valence-electron chi connectivity index (χ1n) is 14.2. The van der Waals surface area contributed by atoms with Gasteiger partial charge in [-0.25, -0.2) is 14.4 Å². The highest BCUT2D eigenvalue weighted by Gasteiger charge is 2.26. The van der Waals surface area contributed by atoms with Gasteiger partial charge < -0.3 is 25.2 Å². The molecule has 2 N–H and O–H groups in total. The molecule has 1 amide bonds. The monoisotopic (exact) mass is 572 g/mol. The second kappa shape index (κ2) is 12.6. The second-order valence-electron chi connectivity index (χ2n) is 10.3. The lowest BCUT2D eigenvalue weighted by Crippen LogP contribution is -2.45. The lowest BCUT2D eigenvalue weighted by molar-refractivity contribution is -0.111. The van der Waals surface area contributed by atoms with Gasteiger partial charge in [0.2, 0.25) is 5.91 Å². The molecule has 10 nitrogen and oxygen atoms in total. The summed E-state index contributed by atoms with van der Waals surface area (Å²) in [5, 5.41) is 11.3. The molecule has 0 atom stereocenters. The molecule has 220 valence electrons. The normalized spacial score (nSPS) is 13.9. The summed E-state index contributed by atoms with van der Waals surface area (Å²) in [7, 11) is 3.37. The van der Waals surface area contributed by atoms with Gasteiger partial charge in [-0.15, -0.1) is 0 Å². The second-order valence-corrected chi connectivity index (χ2v) is 10.3. The minimum Gasteiger partial charge on any atom is -0.494 e. The molecule has 1 saturated heterocycles. The maximum absolute atomic E-state index is 15.1. The quantitative estimate of drug-likeness (QED) is 0.245. The van der Waals surface area contributed by atoms with Gasteiger partial charge >= 0.3 is 0 Å². The molecule has 0 aliphatic carbocycles. The molecule has 0 bridgehead atoms. The van der Waals surface area contributed by atoms with E-state index in [4.69, 9.17) is 4.74 Å². The molecular formula is C31H37FN8O2. The predicted molar refractivity (Wildman–Crippen MR) is 165 cm³/mol. The Kier molecular flexibility index (Phi) is 8.67. The molecule has 1 aliphatic rings. The van der Waals surface area contributed by atoms with Crippen LogP contribution in [0.5, 0.6) is 5.75 Å². The van der Waals surface area contributed by atoms with Crippen molar-refractivity contribution < 1.29 is 13.9 Å². The zero-order valence-corrected chi connectivity index (χ0v) is 24.5. The molecule has 0 spiro atoms. The van der Waals surface area contributed by atoms with E-state index < -0.39 is 5.82 Å². The summed E-state index contributed by atoms with van der Waals surface area (Å²) in [4.78, 5) is 25.9. The third kappa shape index (κ3) is 5.91. The average molecular weight is 573 g/mol. The smallest absolute Gasteiger partial charge is 0.247 e. The highest BCUT2D eigenvalue weighted by atomic mass is 19.1. The number of hydrogen-bond donors (Lipinski definition) is 2. The van der Waals surface area contributed by atoms with Crippen LogP contribution >= 0.6 is 0 Å². The molecule has 3 heterocycles. The number of carbonyl (C=O) groups is 1. The van der Waals surface area contributed by atoms with Gasteiger partial charge in [-0.1, -0.05) is 20.4 Å². The number of aryl methyl sites for hydroxylation is 1. The van der Waals surface area contributed by atoms with Crippen LogP contribution in [0.4, 0.5) is 27.3 Å². The molecule has 4 aromatic rings. The summed E-state index contributed by atoms with van der Waals surface area (Å²) in [6.45, 7) is 11.8. The summed E-state index contributed by atoms with van der Waals surface area (Å²) in [6, 6.07) is 9.15. The van der Waals surface area contributed by atoms with Crippen molar-refractivity contribution in [3.05, 3.63) is 61.3 Å². The van der Waals surface area contributed by atoms with Crippen LogP contribution in [-0.2, 0) is 11.8 Å². The number of methoxy groups -OCH3 is 1. The summed E-state index contributed by atoms with van der Waals surface area (Å²) in [5.41, 5.74) is 3.55. The highest BCUT2D eigenvalue weighted by molar-refractivity contribution is 6.02. The van der Waals surface area contributed by atoms with Crippen LogP contribution in [0, 0.1) is 5.82 Å². The molecule has 2 aromatic carbocycles. The number of carbonyl (C=O) groups excluding carboxylic acids is 1. The van der Waals surface area contributed by atoms with Crippen molar-refractivity contribution in [3.63, 3.8) is 0 Å². The first-order chi connectivity index (χ1) is 20.3. The highest BCUT2D eigenvalue weighted by Crippen LogP contribution is 2.40. The first kappa shape index (κ1) is 29.0. The Morgan fingerprint density at radius 1 is 1.14 bits per heavy atom. The largest absolute Gasteiger partial charge is 0.494 e. The van der Waals surface area contributed by atoms with E-state index in [0.717, 1.165) is 50.1 Å². The van der Waals surface area contributed by atoms with Crippen molar-refractivity contribution in [2.24, 2.45) is 7.05 Å². The van der Waals surface area contributed by atoms with Gasteiger partial charge in [-0.05, 0) is 44.1 Å². The number of fused-ring (bicyclic) bond motifs is 1. The first-order valence-corrected chi connectivity index (χ1v) is 14.2. The summed E-state index contributed by atoms with van der Waals surface area (Å²) >= 11 is 0. The summed E-state index contributed by atoms with van der Waals surface area (Å²) < 4.78 is 22.5. The van der Waals surface area contributed by atoms with Crippen molar-refractivity contribution >= 4 is 39.7 Å². The maximum atomic E-state index is 15.1. The van der Waals surface area contributed by atoms with Crippen LogP contribution in [0.25, 0.3) is 22.2 Å². The Morgan fingerprint density at radius 2 is 1.90 bits per heavy atom. The standard InChI is InChI=1S/C31H37FN8O2/c1-6-31(41)37-25-15-26(29(42-5)17-28(25)40-11-9-21(10-12-40)39(7-2)8-3)36-30-16-24(33-19-34-30)22-13-20-18-35-38(4)27(20)14-23(22)32/h6,13-19,21H,1,7-12H2,2-5H3,(H,37,41)(H,33,34,36). The molecule has 1 aliphatic heterocycles. The molecule has 0 saturated carbocycles. The number of nitrogens with zero attached hydrogens (tertiary/aromatic N) is 6. The van der Waals surface area contributed by atoms with Gasteiger partial charge in [-0.3, -0.25) is 9.48 Å². The average Bonchev–Trinajstić information content (AvgIpc) is 3.37. The minimum absolute atomic E-state index is 0.309. The molecule has 0 unspecified atom stereocenters. The van der Waals surface area contributed by atoms with E-state index in [0.29, 0.717) is 45.8 Å². The third-order valence-corrected chi connectivity index (χ3v) is 7.94. The Morgan fingerprint density at radius 3 is 2.60 bits per heavy atom. The number of halogens is 1. The number of aromatic nitrogens is 4. The molecule has 2 aromatic heterocycles. The van der Waals surface area contributed by atoms with Gasteiger partial charge in [0.1, 0.15) is 23.7 Å². The minimum atomic E-state index is -0.406. The summed E-state index contributed by atoms with van der Waals surface area (Å²) in [6.07, 6.45) is 6.38. The van der Waals surface area contributed by atoms with E-state index in [1.807, 2.05) is 12.1 Å². The third-order valence-electron chi connectivity index (χ3n) is 7.94. The van der Waals surface area contributed by atoms with E-state index in [-0.39, 0.29) is 5.91 Å². The van der Waals surface area contributed by atoms with Gasteiger partial charge in [-0.2, -0.15) is 5.10 Å². The number of piperidine rings is 1. The topological polar surface area (TPSA) is 100 Å². The van der Waals surface area contributed by atoms with Crippen LogP contribution in [0.15, 0.2) is 55.5 Å². The Hall–Kier alpha value is -4.51. The van der Waals surface area contributed by atoms with Crippen molar-refractivity contribution in [1.29, 1.82) is 0 Å². The van der Waals surface area contributed by atoms with Gasteiger partial charge in [0.05, 0.1) is 41.6 Å². The van der Waals surface area contributed by atoms with E-state index in [2.05, 4.69) is 55.9 Å². The number of nitrogens with one attached hydrogen (secondary N) is 2. The molecule has 5 rings (SSSR count). The van der Waals surface area contributed by atoms with Crippen molar-refractivity contribution in [3.8, 4) is 17.0 Å². The van der Waals surface area contributed by atoms with Crippen LogP contribution < -0.4 is 20.3 Å². The van der Waals surface area contributed by atoms with Gasteiger partial charge in [0, 0.05) is 55.3 Å². The lowest BCUT2D eigenvalue weighted by atomic mass is 10.0. The number of amides is 1. The summed E-state index contributed by atoms with van der Waals surface area (Å²) in [5.74, 6) is 0.307. The molecular weight excluding hydrogens is 535 g/mol. The number of rotatable bonds is 10. The zero-order chi connectivity index (χ0) is 29.8. The van der Waals surface area contributed by atoms with Gasteiger partial charge in [0.15, 0.2) is 0 Å². The molecule has 42 heavy (non-hydrogen) atoms. The number of benzene rings is 2. The van der Waals surface area contributed by atoms with Gasteiger partial charge in [0.25, 0.3) is 0 Å². The van der Waals surface area contributed by atoms with E-state index in [9.17, 15) is 4.79 Å². The van der Waals surface area contributed by atoms with Crippen molar-refractivity contribution in [1.82, 2.24) is 24.6 Å². The Balaban J connectivity index is 1.45. The molecule has 0 radical (unpaired) electrons. The molecule has 11 heteroatoms. The Bertz CT molecular complexity index is 1590. The fourth-order valence-electron chi connectivity index (χ4n) is 5.67. The fourth-order valence-corrected chi connectivity index (χ4v) is 5.67. The van der Waals surface area contributed by atoms with E-state index in [1.165, 1.54) is 18.5 Å². The van der Waals surface area contributed by atoms with Crippen molar-refractivity contribution in [2.45, 2.75) is 32.7 Å². The lowest BCUT2D eigenvalue weighted by Gasteiger charge is -2.39. The maximum Gasteiger partial charge on any atom is 0.247 e. The van der Waals surface area contributed by atoms with Crippen LogP contribution in [0.3, 0.4) is 0 Å². The SMILES string of the molecule is C=CC(=O)Nc1cc(Nc2cc(-c3cc4cnn(C)c4cc3F)ncn2)c(OC)cc1N1CCC(N(CC)CC)CC1. The predicted octanol–water partition coefficient (Wildman–Crippen LogP) is 5.36. The molecule has 1 fully saturated rings. The van der Waals surface area contributed by atoms with Crippen LogP contribution in [-0.4, -0.2) is 69.9 Å². The Labute approximate surface area is 245 Å². The van der Waals surface area contributed by atoms with Crippen LogP contribution in [0.1, 0.15) is 26.7 Å². The number of ether oxygens (including phenoxy) is 1. The number of anilines is 4. The van der Waals surface area contributed by atoms with E-state index >= 15 is 4.39 Å². The fraction of sp³-hybridized carbons (Fsp3) is 0.355.